The van der Waals surface area contributed by atoms with E-state index in [4.69, 9.17) is 4.98 Å². The van der Waals surface area contributed by atoms with E-state index in [1.165, 1.54) is 22.7 Å². The van der Waals surface area contributed by atoms with Crippen molar-refractivity contribution >= 4 is 33.7 Å². The maximum Gasteiger partial charge on any atom is 0.253 e. The van der Waals surface area contributed by atoms with Gasteiger partial charge in [-0.15, -0.1) is 0 Å². The van der Waals surface area contributed by atoms with Crippen LogP contribution in [0.25, 0.3) is 11.3 Å². The van der Waals surface area contributed by atoms with Gasteiger partial charge in [-0.25, -0.2) is 22.2 Å². The highest BCUT2D eigenvalue weighted by molar-refractivity contribution is 8.02. The van der Waals surface area contributed by atoms with Crippen LogP contribution in [0.15, 0.2) is 30.3 Å². The van der Waals surface area contributed by atoms with Crippen molar-refractivity contribution in [2.45, 2.75) is 25.8 Å². The summed E-state index contributed by atoms with van der Waals surface area (Å²) in [7, 11) is -1.23. The average molecular weight is 510 g/mol. The molecule has 2 aromatic rings. The summed E-state index contributed by atoms with van der Waals surface area (Å²) in [5, 5.41) is 0. The maximum absolute atomic E-state index is 13.4. The van der Waals surface area contributed by atoms with Crippen molar-refractivity contribution in [3.63, 3.8) is 0 Å². The summed E-state index contributed by atoms with van der Waals surface area (Å²) in [5.41, 5.74) is 5.03. The number of alkyl halides is 2. The Balaban J connectivity index is 1.32. The van der Waals surface area contributed by atoms with Crippen molar-refractivity contribution in [2.24, 2.45) is 5.92 Å². The summed E-state index contributed by atoms with van der Waals surface area (Å²) < 4.78 is 55.8. The molecular weight excluding hydrogens is 480 g/mol. The summed E-state index contributed by atoms with van der Waals surface area (Å²) in [6.07, 6.45) is 1.22. The third-order valence-corrected chi connectivity index (χ3v) is 9.03. The largest absolute Gasteiger partial charge is 0.296 e. The second-order valence-corrected chi connectivity index (χ2v) is 12.6. The van der Waals surface area contributed by atoms with Gasteiger partial charge in [0.2, 0.25) is 10.0 Å². The Labute approximate surface area is 204 Å². The van der Waals surface area contributed by atoms with Crippen molar-refractivity contribution in [3.05, 3.63) is 41.5 Å². The maximum atomic E-state index is 13.4. The fourth-order valence-electron chi connectivity index (χ4n) is 4.57. The fraction of sp³-hybridized carbons (Fsp3) is 0.522. The number of aromatic nitrogens is 1. The second kappa shape index (κ2) is 8.61. The number of fused-ring (bicyclic) bond motifs is 1. The number of piperazine rings is 1. The van der Waals surface area contributed by atoms with Crippen molar-refractivity contribution in [1.82, 2.24) is 14.2 Å². The minimum absolute atomic E-state index is 0.0378. The molecule has 1 saturated heterocycles. The number of benzene rings is 1. The highest BCUT2D eigenvalue weighted by atomic mass is 32.2. The number of pyridine rings is 1. The molecule has 1 aromatic heterocycles. The van der Waals surface area contributed by atoms with E-state index >= 15 is 0 Å². The first-order valence-electron chi connectivity index (χ1n) is 11.4. The van der Waals surface area contributed by atoms with Crippen molar-refractivity contribution in [2.75, 3.05) is 54.6 Å². The Morgan fingerprint density at radius 3 is 2.50 bits per heavy atom. The van der Waals surface area contributed by atoms with Gasteiger partial charge in [0.25, 0.3) is 5.92 Å². The molecule has 34 heavy (non-hydrogen) atoms. The van der Waals surface area contributed by atoms with E-state index in [9.17, 15) is 17.2 Å². The number of nitrogens with zero attached hydrogens (tertiary/aromatic N) is 5. The minimum Gasteiger partial charge on any atom is -0.296 e. The lowest BCUT2D eigenvalue weighted by molar-refractivity contribution is 0.101. The third kappa shape index (κ3) is 4.75. The zero-order valence-corrected chi connectivity index (χ0v) is 21.2. The second-order valence-electron chi connectivity index (χ2n) is 9.43. The molecule has 1 aromatic carbocycles. The van der Waals surface area contributed by atoms with Gasteiger partial charge < -0.3 is 0 Å². The molecule has 5 rings (SSSR count). The molecule has 11 heteroatoms. The van der Waals surface area contributed by atoms with Crippen LogP contribution in [0.5, 0.6) is 0 Å². The van der Waals surface area contributed by atoms with Gasteiger partial charge in [-0.05, 0) is 36.2 Å². The first kappa shape index (κ1) is 23.8. The Kier molecular flexibility index (Phi) is 6.02. The molecule has 1 aliphatic carbocycles. The van der Waals surface area contributed by atoms with E-state index in [1.807, 2.05) is 27.8 Å². The molecule has 0 N–H and O–H groups in total. The van der Waals surface area contributed by atoms with Gasteiger partial charge in [-0.1, -0.05) is 12.1 Å². The van der Waals surface area contributed by atoms with Gasteiger partial charge in [-0.2, -0.15) is 4.31 Å². The van der Waals surface area contributed by atoms with E-state index in [0.29, 0.717) is 32.7 Å². The molecule has 3 aliphatic rings. The van der Waals surface area contributed by atoms with Crippen molar-refractivity contribution in [3.8, 4) is 11.3 Å². The molecule has 7 nitrogen and oxygen atoms in total. The minimum atomic E-state index is -3.14. The summed E-state index contributed by atoms with van der Waals surface area (Å²) in [4.78, 5) is 7.16. The lowest BCUT2D eigenvalue weighted by Crippen LogP contribution is -2.47. The Bertz CT molecular complexity index is 1200. The van der Waals surface area contributed by atoms with Crippen molar-refractivity contribution in [1.29, 1.82) is 0 Å². The van der Waals surface area contributed by atoms with Gasteiger partial charge in [0.15, 0.2) is 5.82 Å². The summed E-state index contributed by atoms with van der Waals surface area (Å²) in [6.45, 7) is 5.54. The first-order valence-corrected chi connectivity index (χ1v) is 13.9. The van der Waals surface area contributed by atoms with E-state index in [-0.39, 0.29) is 6.42 Å². The highest BCUT2D eigenvalue weighted by Crippen LogP contribution is 2.52. The number of rotatable bonds is 6. The van der Waals surface area contributed by atoms with Crippen molar-refractivity contribution < 1.29 is 17.2 Å². The topological polar surface area (TPSA) is 60.0 Å². The zero-order chi connectivity index (χ0) is 24.3. The lowest BCUT2D eigenvalue weighted by Gasteiger charge is -2.33. The highest BCUT2D eigenvalue weighted by Gasteiger charge is 2.57. The van der Waals surface area contributed by atoms with Gasteiger partial charge in [-0.3, -0.25) is 13.5 Å². The predicted molar refractivity (Wildman–Crippen MR) is 132 cm³/mol. The number of aryl methyl sites for hydroxylation is 1. The lowest BCUT2D eigenvalue weighted by atomic mass is 10.0. The molecule has 2 aliphatic heterocycles. The van der Waals surface area contributed by atoms with Crippen LogP contribution in [0.4, 0.5) is 20.3 Å². The molecular formula is C23H29F2N5O2S2. The first-order chi connectivity index (χ1) is 16.0. The summed E-state index contributed by atoms with van der Waals surface area (Å²) in [5.74, 6) is -2.34. The molecule has 1 atom stereocenters. The zero-order valence-electron chi connectivity index (χ0n) is 19.5. The smallest absolute Gasteiger partial charge is 0.253 e. The van der Waals surface area contributed by atoms with E-state index in [1.54, 1.807) is 0 Å². The van der Waals surface area contributed by atoms with E-state index in [0.717, 1.165) is 40.4 Å². The number of sulfonamides is 1. The van der Waals surface area contributed by atoms with E-state index in [2.05, 4.69) is 30.0 Å². The molecule has 1 saturated carbocycles. The quantitative estimate of drug-likeness (QED) is 0.552. The van der Waals surface area contributed by atoms with Crippen LogP contribution in [0, 0.1) is 12.8 Å². The molecule has 184 valence electrons. The van der Waals surface area contributed by atoms with Gasteiger partial charge in [0.1, 0.15) is 0 Å². The molecule has 0 spiro atoms. The average Bonchev–Trinajstić information content (AvgIpc) is 3.26. The SMILES string of the molecule is Cc1ccc(CN2CCN(S(C)(=O)=O)CC2)cc1-c1ccc2c(n1)N(C)SN2CC1CC1(F)F. The van der Waals surface area contributed by atoms with Crippen LogP contribution in [0.3, 0.4) is 0 Å². The van der Waals surface area contributed by atoms with E-state index < -0.39 is 21.9 Å². The fourth-order valence-corrected chi connectivity index (χ4v) is 6.38. The number of halogens is 2. The number of anilines is 2. The summed E-state index contributed by atoms with van der Waals surface area (Å²) in [6, 6.07) is 10.3. The Morgan fingerprint density at radius 2 is 1.85 bits per heavy atom. The monoisotopic (exact) mass is 509 g/mol. The Hall–Kier alpha value is -1.95. The van der Waals surface area contributed by atoms with Crippen LogP contribution in [-0.2, 0) is 16.6 Å². The normalized spacial score (nSPS) is 22.8. The number of hydrogen-bond acceptors (Lipinski definition) is 7. The molecule has 3 heterocycles. The van der Waals surface area contributed by atoms with Gasteiger partial charge >= 0.3 is 0 Å². The van der Waals surface area contributed by atoms with Crippen LogP contribution >= 0.6 is 12.1 Å². The van der Waals surface area contributed by atoms with Crippen LogP contribution in [-0.4, -0.2) is 74.6 Å². The molecule has 1 unspecified atom stereocenters. The molecule has 0 radical (unpaired) electrons. The molecule has 0 amide bonds. The van der Waals surface area contributed by atoms with Crippen LogP contribution in [0.2, 0.25) is 0 Å². The summed E-state index contributed by atoms with van der Waals surface area (Å²) >= 11 is 1.42. The Morgan fingerprint density at radius 1 is 1.15 bits per heavy atom. The number of hydrogen-bond donors (Lipinski definition) is 0. The molecule has 0 bridgehead atoms. The third-order valence-electron chi connectivity index (χ3n) is 6.77. The van der Waals surface area contributed by atoms with Gasteiger partial charge in [0, 0.05) is 64.2 Å². The standard InChI is InChI=1S/C23H29F2N5O2S2/c1-16-4-5-17(14-28-8-10-29(11-9-28)34(3,31)32)12-19(16)20-6-7-21-22(26-20)27(2)33-30(21)15-18-13-23(18,24)25/h4-7,12,18H,8-11,13-15H2,1-3H3. The van der Waals surface area contributed by atoms with Crippen LogP contribution in [0.1, 0.15) is 17.5 Å². The van der Waals surface area contributed by atoms with Gasteiger partial charge in [0.05, 0.1) is 29.8 Å². The van der Waals surface area contributed by atoms with Crippen LogP contribution < -0.4 is 8.61 Å². The molecule has 2 fully saturated rings. The predicted octanol–water partition coefficient (Wildman–Crippen LogP) is 3.61.